The molecule has 0 N–H and O–H groups in total. The number of ether oxygens (including phenoxy) is 1. The number of nitro benzene ring substituents is 1. The van der Waals surface area contributed by atoms with Crippen molar-refractivity contribution in [2.45, 2.75) is 0 Å². The first-order valence-electron chi connectivity index (χ1n) is 9.45. The van der Waals surface area contributed by atoms with Crippen LogP contribution in [0.25, 0.3) is 16.3 Å². The molecular weight excluding hydrogens is 404 g/mol. The van der Waals surface area contributed by atoms with E-state index in [1.54, 1.807) is 41.6 Å². The number of thiazole rings is 1. The van der Waals surface area contributed by atoms with Crippen LogP contribution >= 0.6 is 11.3 Å². The molecule has 0 bridgehead atoms. The highest BCUT2D eigenvalue weighted by Gasteiger charge is 2.22. The lowest BCUT2D eigenvalue weighted by atomic mass is 10.2. The number of hydrogen-bond acceptors (Lipinski definition) is 7. The first kappa shape index (κ1) is 19.8. The molecule has 1 aromatic heterocycles. The van der Waals surface area contributed by atoms with Gasteiger partial charge < -0.3 is 14.5 Å². The molecule has 0 radical (unpaired) electrons. The molecule has 1 aliphatic heterocycles. The van der Waals surface area contributed by atoms with Crippen LogP contribution < -0.4 is 9.64 Å². The lowest BCUT2D eigenvalue weighted by Gasteiger charge is -2.34. The van der Waals surface area contributed by atoms with E-state index in [0.29, 0.717) is 26.2 Å². The smallest absolute Gasteiger partial charge is 0.269 e. The van der Waals surface area contributed by atoms with Gasteiger partial charge in [-0.15, -0.1) is 0 Å². The molecule has 0 aliphatic carbocycles. The Labute approximate surface area is 177 Å². The molecule has 30 heavy (non-hydrogen) atoms. The molecule has 1 amide bonds. The zero-order valence-corrected chi connectivity index (χ0v) is 17.2. The van der Waals surface area contributed by atoms with Gasteiger partial charge in [-0.2, -0.15) is 0 Å². The number of para-hydroxylation sites is 1. The Kier molecular flexibility index (Phi) is 5.62. The number of aromatic nitrogens is 1. The molecule has 3 aromatic rings. The summed E-state index contributed by atoms with van der Waals surface area (Å²) in [5.41, 5.74) is 1.64. The number of carbonyl (C=O) groups is 1. The number of rotatable bonds is 5. The van der Waals surface area contributed by atoms with E-state index in [1.807, 2.05) is 18.2 Å². The third-order valence-corrected chi connectivity index (χ3v) is 6.06. The Morgan fingerprint density at radius 3 is 2.57 bits per heavy atom. The zero-order valence-electron chi connectivity index (χ0n) is 16.4. The lowest BCUT2D eigenvalue weighted by molar-refractivity contribution is -0.384. The number of benzene rings is 2. The minimum atomic E-state index is -0.445. The van der Waals surface area contributed by atoms with E-state index >= 15 is 0 Å². The first-order chi connectivity index (χ1) is 14.5. The maximum absolute atomic E-state index is 12.5. The molecule has 1 fully saturated rings. The van der Waals surface area contributed by atoms with Crippen LogP contribution in [0.4, 0.5) is 10.8 Å². The fraction of sp³-hybridized carbons (Fsp3) is 0.238. The van der Waals surface area contributed by atoms with Gasteiger partial charge in [0.2, 0.25) is 5.91 Å². The van der Waals surface area contributed by atoms with Crippen molar-refractivity contribution < 1.29 is 14.5 Å². The zero-order chi connectivity index (χ0) is 21.1. The van der Waals surface area contributed by atoms with Gasteiger partial charge in [-0.1, -0.05) is 17.4 Å². The topological polar surface area (TPSA) is 88.8 Å². The van der Waals surface area contributed by atoms with Gasteiger partial charge in [0, 0.05) is 44.4 Å². The van der Waals surface area contributed by atoms with E-state index in [0.717, 1.165) is 26.7 Å². The molecule has 2 heterocycles. The average Bonchev–Trinajstić information content (AvgIpc) is 3.22. The van der Waals surface area contributed by atoms with Crippen molar-refractivity contribution in [2.75, 3.05) is 38.2 Å². The van der Waals surface area contributed by atoms with Crippen LogP contribution in [-0.4, -0.2) is 54.0 Å². The Balaban J connectivity index is 1.37. The quantitative estimate of drug-likeness (QED) is 0.353. The third-order valence-electron chi connectivity index (χ3n) is 4.97. The summed E-state index contributed by atoms with van der Waals surface area (Å²) in [5, 5.41) is 11.6. The number of methoxy groups -OCH3 is 1. The van der Waals surface area contributed by atoms with Gasteiger partial charge >= 0.3 is 0 Å². The normalized spacial score (nSPS) is 14.4. The summed E-state index contributed by atoms with van der Waals surface area (Å²) >= 11 is 1.62. The van der Waals surface area contributed by atoms with Crippen LogP contribution in [0.15, 0.2) is 48.5 Å². The van der Waals surface area contributed by atoms with Crippen molar-refractivity contribution >= 4 is 44.4 Å². The molecular formula is C21H20N4O4S. The van der Waals surface area contributed by atoms with Crippen LogP contribution in [0.1, 0.15) is 5.56 Å². The van der Waals surface area contributed by atoms with Gasteiger partial charge in [0.25, 0.3) is 5.69 Å². The SMILES string of the molecule is COc1cccc2sc(N3CCN(C(=O)C=Cc4ccc([N+](=O)[O-])cc4)CC3)nc12. The summed E-state index contributed by atoms with van der Waals surface area (Å²) in [5.74, 6) is 0.694. The van der Waals surface area contributed by atoms with E-state index < -0.39 is 4.92 Å². The Hall–Kier alpha value is -3.46. The standard InChI is InChI=1S/C21H20N4O4S/c1-29-17-3-2-4-18-20(17)22-21(30-18)24-13-11-23(12-14-24)19(26)10-7-15-5-8-16(9-6-15)25(27)28/h2-10H,11-14H2,1H3. The second kappa shape index (κ2) is 8.50. The van der Waals surface area contributed by atoms with E-state index in [9.17, 15) is 14.9 Å². The largest absolute Gasteiger partial charge is 0.494 e. The molecule has 0 unspecified atom stereocenters. The van der Waals surface area contributed by atoms with Crippen molar-refractivity contribution in [3.8, 4) is 5.75 Å². The number of anilines is 1. The summed E-state index contributed by atoms with van der Waals surface area (Å²) in [6, 6.07) is 12.0. The number of hydrogen-bond donors (Lipinski definition) is 0. The monoisotopic (exact) mass is 424 g/mol. The van der Waals surface area contributed by atoms with Crippen LogP contribution in [0, 0.1) is 10.1 Å². The van der Waals surface area contributed by atoms with Gasteiger partial charge in [0.05, 0.1) is 16.7 Å². The molecule has 8 nitrogen and oxygen atoms in total. The molecule has 2 aromatic carbocycles. The van der Waals surface area contributed by atoms with Crippen LogP contribution in [0.3, 0.4) is 0 Å². The van der Waals surface area contributed by atoms with E-state index in [4.69, 9.17) is 9.72 Å². The summed E-state index contributed by atoms with van der Waals surface area (Å²) in [7, 11) is 1.64. The molecule has 0 saturated carbocycles. The van der Waals surface area contributed by atoms with Gasteiger partial charge in [-0.3, -0.25) is 14.9 Å². The van der Waals surface area contributed by atoms with Crippen LogP contribution in [0.5, 0.6) is 5.75 Å². The van der Waals surface area contributed by atoms with E-state index in [2.05, 4.69) is 4.90 Å². The lowest BCUT2D eigenvalue weighted by Crippen LogP contribution is -2.48. The summed E-state index contributed by atoms with van der Waals surface area (Å²) in [4.78, 5) is 31.5. The predicted octanol–water partition coefficient (Wildman–Crippen LogP) is 3.58. The van der Waals surface area contributed by atoms with Crippen molar-refractivity contribution in [3.63, 3.8) is 0 Å². The summed E-state index contributed by atoms with van der Waals surface area (Å²) in [6.07, 6.45) is 3.19. The minimum Gasteiger partial charge on any atom is -0.494 e. The molecule has 0 spiro atoms. The fourth-order valence-corrected chi connectivity index (χ4v) is 4.34. The fourth-order valence-electron chi connectivity index (χ4n) is 3.31. The molecule has 1 saturated heterocycles. The number of carbonyl (C=O) groups excluding carboxylic acids is 1. The highest BCUT2D eigenvalue weighted by Crippen LogP contribution is 2.34. The number of piperazine rings is 1. The van der Waals surface area contributed by atoms with Crippen LogP contribution in [-0.2, 0) is 4.79 Å². The molecule has 1 aliphatic rings. The number of fused-ring (bicyclic) bond motifs is 1. The summed E-state index contributed by atoms with van der Waals surface area (Å²) < 4.78 is 6.47. The molecule has 4 rings (SSSR count). The van der Waals surface area contributed by atoms with Crippen LogP contribution in [0.2, 0.25) is 0 Å². The third kappa shape index (κ3) is 4.11. The minimum absolute atomic E-state index is 0.0297. The highest BCUT2D eigenvalue weighted by atomic mass is 32.1. The van der Waals surface area contributed by atoms with Crippen molar-refractivity contribution in [3.05, 3.63) is 64.2 Å². The average molecular weight is 424 g/mol. The molecule has 9 heteroatoms. The Morgan fingerprint density at radius 1 is 1.17 bits per heavy atom. The predicted molar refractivity (Wildman–Crippen MR) is 117 cm³/mol. The van der Waals surface area contributed by atoms with Crippen molar-refractivity contribution in [1.29, 1.82) is 0 Å². The van der Waals surface area contributed by atoms with Gasteiger partial charge in [0.1, 0.15) is 11.3 Å². The second-order valence-electron chi connectivity index (χ2n) is 6.80. The number of amides is 1. The van der Waals surface area contributed by atoms with Crippen molar-refractivity contribution in [2.24, 2.45) is 0 Å². The molecule has 0 atom stereocenters. The Bertz CT molecular complexity index is 1100. The van der Waals surface area contributed by atoms with Gasteiger partial charge in [-0.25, -0.2) is 4.98 Å². The first-order valence-corrected chi connectivity index (χ1v) is 10.3. The van der Waals surface area contributed by atoms with E-state index in [-0.39, 0.29) is 11.6 Å². The number of nitrogens with zero attached hydrogens (tertiary/aromatic N) is 4. The second-order valence-corrected chi connectivity index (χ2v) is 7.81. The van der Waals surface area contributed by atoms with E-state index in [1.165, 1.54) is 18.2 Å². The number of nitro groups is 1. The highest BCUT2D eigenvalue weighted by molar-refractivity contribution is 7.22. The summed E-state index contributed by atoms with van der Waals surface area (Å²) in [6.45, 7) is 2.63. The maximum atomic E-state index is 12.5. The van der Waals surface area contributed by atoms with Gasteiger partial charge in [0.15, 0.2) is 5.13 Å². The molecule has 154 valence electrons. The van der Waals surface area contributed by atoms with Crippen molar-refractivity contribution in [1.82, 2.24) is 9.88 Å². The Morgan fingerprint density at radius 2 is 1.90 bits per heavy atom. The number of non-ortho nitro benzene ring substituents is 1. The maximum Gasteiger partial charge on any atom is 0.269 e. The van der Waals surface area contributed by atoms with Gasteiger partial charge in [-0.05, 0) is 35.9 Å².